The summed E-state index contributed by atoms with van der Waals surface area (Å²) in [5.41, 5.74) is -0.699. The van der Waals surface area contributed by atoms with Gasteiger partial charge in [0, 0.05) is 37.1 Å². The molecule has 1 amide bonds. The smallest absolute Gasteiger partial charge is 0.265 e. The van der Waals surface area contributed by atoms with Gasteiger partial charge in [0.15, 0.2) is 17.2 Å². The van der Waals surface area contributed by atoms with Crippen LogP contribution in [0.4, 0.5) is 10.1 Å². The number of fused-ring (bicyclic) bond motifs is 1. The Bertz CT molecular complexity index is 1030. The molecule has 0 radical (unpaired) electrons. The molecule has 1 spiro atoms. The van der Waals surface area contributed by atoms with E-state index in [1.54, 1.807) is 29.2 Å². The summed E-state index contributed by atoms with van der Waals surface area (Å²) in [6, 6.07) is 12.1. The van der Waals surface area contributed by atoms with Crippen LogP contribution in [-0.2, 0) is 19.9 Å². The van der Waals surface area contributed by atoms with Gasteiger partial charge in [0.2, 0.25) is 0 Å². The van der Waals surface area contributed by atoms with Crippen molar-refractivity contribution >= 4 is 17.4 Å². The number of likely N-dealkylation sites (tertiary alicyclic amines) is 1. The van der Waals surface area contributed by atoms with Crippen molar-refractivity contribution in [3.8, 4) is 0 Å². The number of para-hydroxylation sites is 1. The summed E-state index contributed by atoms with van der Waals surface area (Å²) in [5, 5.41) is 11.4. The van der Waals surface area contributed by atoms with Crippen molar-refractivity contribution in [3.05, 3.63) is 65.5 Å². The highest BCUT2D eigenvalue weighted by Crippen LogP contribution is 2.43. The number of aliphatic hydroxyl groups is 1. The summed E-state index contributed by atoms with van der Waals surface area (Å²) in [6.45, 7) is 2.90. The Hall–Kier alpha value is -2.65. The molecule has 2 fully saturated rings. The monoisotopic (exact) mass is 440 g/mol. The summed E-state index contributed by atoms with van der Waals surface area (Å²) in [4.78, 5) is 29.9. The third-order valence-electron chi connectivity index (χ3n) is 6.59. The van der Waals surface area contributed by atoms with E-state index in [2.05, 4.69) is 4.90 Å². The Kier molecular flexibility index (Phi) is 5.33. The highest BCUT2D eigenvalue weighted by Gasteiger charge is 2.51. The first-order valence-corrected chi connectivity index (χ1v) is 10.8. The molecule has 0 aromatic heterocycles. The third kappa shape index (κ3) is 3.63. The maximum Gasteiger partial charge on any atom is 0.265 e. The van der Waals surface area contributed by atoms with Crippen molar-refractivity contribution in [2.24, 2.45) is 0 Å². The predicted molar refractivity (Wildman–Crippen MR) is 113 cm³/mol. The summed E-state index contributed by atoms with van der Waals surface area (Å²) in [6.07, 6.45) is 1.02. The molecular weight excluding hydrogens is 415 g/mol. The number of halogens is 1. The molecule has 2 saturated heterocycles. The van der Waals surface area contributed by atoms with Crippen molar-refractivity contribution in [3.63, 3.8) is 0 Å². The molecule has 0 bridgehead atoms. The molecule has 3 heterocycles. The fraction of sp³-hybridized carbons (Fsp3) is 0.417. The van der Waals surface area contributed by atoms with Gasteiger partial charge in [-0.3, -0.25) is 19.4 Å². The van der Waals surface area contributed by atoms with Crippen LogP contribution in [0.3, 0.4) is 0 Å². The van der Waals surface area contributed by atoms with Crippen molar-refractivity contribution in [1.82, 2.24) is 4.90 Å². The van der Waals surface area contributed by atoms with E-state index in [0.29, 0.717) is 57.1 Å². The average Bonchev–Trinajstić information content (AvgIpc) is 3.33. The molecule has 3 aliphatic heterocycles. The van der Waals surface area contributed by atoms with Gasteiger partial charge in [-0.2, -0.15) is 0 Å². The van der Waals surface area contributed by atoms with Crippen LogP contribution in [0.25, 0.3) is 0 Å². The van der Waals surface area contributed by atoms with Gasteiger partial charge in [-0.15, -0.1) is 0 Å². The van der Waals surface area contributed by atoms with Gasteiger partial charge >= 0.3 is 0 Å². The molecule has 8 heteroatoms. The van der Waals surface area contributed by atoms with E-state index >= 15 is 0 Å². The van der Waals surface area contributed by atoms with Gasteiger partial charge in [0.05, 0.1) is 32.0 Å². The van der Waals surface area contributed by atoms with Gasteiger partial charge in [0.1, 0.15) is 5.82 Å². The molecular formula is C24H25FN2O5. The number of piperidine rings is 1. The largest absolute Gasteiger partial charge is 0.375 e. The van der Waals surface area contributed by atoms with Crippen molar-refractivity contribution < 1.29 is 28.6 Å². The molecule has 1 N–H and O–H groups in total. The highest BCUT2D eigenvalue weighted by atomic mass is 19.1. The zero-order valence-electron chi connectivity index (χ0n) is 17.6. The van der Waals surface area contributed by atoms with E-state index < -0.39 is 35.3 Å². The van der Waals surface area contributed by atoms with Crippen LogP contribution in [0, 0.1) is 5.82 Å². The lowest BCUT2D eigenvalue weighted by atomic mass is 9.88. The van der Waals surface area contributed by atoms with Crippen LogP contribution in [0.1, 0.15) is 35.2 Å². The van der Waals surface area contributed by atoms with Crippen molar-refractivity contribution in [1.29, 1.82) is 0 Å². The quantitative estimate of drug-likeness (QED) is 0.720. The number of carbonyl (C=O) groups is 2. The summed E-state index contributed by atoms with van der Waals surface area (Å²) in [5.74, 6) is -1.91. The average molecular weight is 440 g/mol. The van der Waals surface area contributed by atoms with E-state index in [1.807, 2.05) is 0 Å². The van der Waals surface area contributed by atoms with Crippen LogP contribution in [0.5, 0.6) is 0 Å². The van der Waals surface area contributed by atoms with E-state index in [4.69, 9.17) is 9.47 Å². The first kappa shape index (κ1) is 21.2. The number of ether oxygens (including phenoxy) is 2. The molecule has 3 aliphatic rings. The lowest BCUT2D eigenvalue weighted by Crippen LogP contribution is -2.51. The number of anilines is 1. The minimum Gasteiger partial charge on any atom is -0.375 e. The molecule has 1 unspecified atom stereocenters. The van der Waals surface area contributed by atoms with Gasteiger partial charge in [-0.1, -0.05) is 18.2 Å². The summed E-state index contributed by atoms with van der Waals surface area (Å²) in [7, 11) is 0. The number of amides is 1. The molecule has 5 rings (SSSR count). The van der Waals surface area contributed by atoms with Gasteiger partial charge in [-0.05, 0) is 30.3 Å². The molecule has 0 aliphatic carbocycles. The second kappa shape index (κ2) is 8.04. The maximum absolute atomic E-state index is 13.4. The van der Waals surface area contributed by atoms with Gasteiger partial charge in [0.25, 0.3) is 5.91 Å². The Morgan fingerprint density at radius 2 is 1.69 bits per heavy atom. The number of hydrogen-bond acceptors (Lipinski definition) is 6. The first-order valence-electron chi connectivity index (χ1n) is 10.8. The number of nitrogens with zero attached hydrogens (tertiary/aromatic N) is 2. The summed E-state index contributed by atoms with van der Waals surface area (Å²) >= 11 is 0. The molecule has 0 saturated carbocycles. The highest BCUT2D eigenvalue weighted by molar-refractivity contribution is 6.10. The van der Waals surface area contributed by atoms with Crippen LogP contribution in [0.2, 0.25) is 0 Å². The normalized spacial score (nSPS) is 24.8. The van der Waals surface area contributed by atoms with E-state index in [9.17, 15) is 19.1 Å². The third-order valence-corrected chi connectivity index (χ3v) is 6.59. The Balaban J connectivity index is 1.35. The number of ketones is 1. The second-order valence-electron chi connectivity index (χ2n) is 8.58. The molecule has 1 atom stereocenters. The second-order valence-corrected chi connectivity index (χ2v) is 8.58. The minimum absolute atomic E-state index is 0.251. The lowest BCUT2D eigenvalue weighted by Gasteiger charge is -2.39. The molecule has 7 nitrogen and oxygen atoms in total. The summed E-state index contributed by atoms with van der Waals surface area (Å²) < 4.78 is 24.8. The number of benzene rings is 2. The Morgan fingerprint density at radius 1 is 1.03 bits per heavy atom. The zero-order chi connectivity index (χ0) is 22.3. The van der Waals surface area contributed by atoms with E-state index in [1.165, 1.54) is 24.3 Å². The fourth-order valence-electron chi connectivity index (χ4n) is 4.81. The first-order chi connectivity index (χ1) is 15.4. The van der Waals surface area contributed by atoms with Gasteiger partial charge < -0.3 is 14.6 Å². The Morgan fingerprint density at radius 3 is 2.38 bits per heavy atom. The number of hydrogen-bond donors (Lipinski definition) is 1. The predicted octanol–water partition coefficient (Wildman–Crippen LogP) is 2.43. The van der Waals surface area contributed by atoms with Crippen LogP contribution < -0.4 is 4.90 Å². The van der Waals surface area contributed by atoms with Gasteiger partial charge in [-0.25, -0.2) is 4.39 Å². The molecule has 168 valence electrons. The zero-order valence-corrected chi connectivity index (χ0v) is 17.6. The number of carbonyl (C=O) groups excluding carboxylic acids is 2. The van der Waals surface area contributed by atoms with Crippen LogP contribution in [0.15, 0.2) is 48.5 Å². The lowest BCUT2D eigenvalue weighted by molar-refractivity contribution is -0.185. The number of Topliss-reactive ketones (excluding diaryl/α,β-unsaturated/α-hetero) is 1. The minimum atomic E-state index is -1.96. The molecule has 2 aromatic carbocycles. The fourth-order valence-corrected chi connectivity index (χ4v) is 4.81. The van der Waals surface area contributed by atoms with Crippen molar-refractivity contribution in [2.45, 2.75) is 30.7 Å². The Labute approximate surface area is 185 Å². The standard InChI is InChI=1S/C24H25FN2O5/c25-18-7-5-17(6-8-18)21(28)15-24(30)19-3-1-2-4-20(19)27(22(24)29)16-26-11-9-23(10-12-26)31-13-14-32-23/h1-8,30H,9-16H2. The number of rotatable bonds is 5. The van der Waals surface area contributed by atoms with E-state index in [0.717, 1.165) is 0 Å². The maximum atomic E-state index is 13.4. The van der Waals surface area contributed by atoms with Crippen molar-refractivity contribution in [2.75, 3.05) is 37.9 Å². The SMILES string of the molecule is O=C(CC1(O)C(=O)N(CN2CCC3(CC2)OCCO3)c2ccccc21)c1ccc(F)cc1. The van der Waals surface area contributed by atoms with Crippen LogP contribution in [-0.4, -0.2) is 60.5 Å². The van der Waals surface area contributed by atoms with Crippen LogP contribution >= 0.6 is 0 Å². The van der Waals surface area contributed by atoms with E-state index in [-0.39, 0.29) is 5.56 Å². The molecule has 2 aromatic rings. The topological polar surface area (TPSA) is 79.3 Å². The molecule has 32 heavy (non-hydrogen) atoms.